The van der Waals surface area contributed by atoms with Crippen LogP contribution in [-0.4, -0.2) is 60.6 Å². The molecule has 0 bridgehead atoms. The molecule has 1 aliphatic carbocycles. The predicted molar refractivity (Wildman–Crippen MR) is 75.9 cm³/mol. The van der Waals surface area contributed by atoms with Crippen LogP contribution in [0.15, 0.2) is 0 Å². The van der Waals surface area contributed by atoms with E-state index in [1.165, 1.54) is 71.2 Å². The maximum Gasteiger partial charge on any atom is 0.0224 e. The minimum atomic E-state index is 0.716. The van der Waals surface area contributed by atoms with Crippen LogP contribution in [-0.2, 0) is 0 Å². The molecule has 2 unspecified atom stereocenters. The van der Waals surface area contributed by atoms with Crippen molar-refractivity contribution in [3.8, 4) is 0 Å². The van der Waals surface area contributed by atoms with Crippen LogP contribution in [0.25, 0.3) is 0 Å². The van der Waals surface area contributed by atoms with Gasteiger partial charge in [0.2, 0.25) is 0 Å². The van der Waals surface area contributed by atoms with E-state index in [-0.39, 0.29) is 0 Å². The fourth-order valence-electron chi connectivity index (χ4n) is 4.01. The molecular formula is C15H29N3. The van der Waals surface area contributed by atoms with E-state index >= 15 is 0 Å². The van der Waals surface area contributed by atoms with E-state index in [2.05, 4.69) is 22.0 Å². The van der Waals surface area contributed by atoms with Crippen LogP contribution in [0.1, 0.15) is 45.4 Å². The van der Waals surface area contributed by atoms with Gasteiger partial charge in [-0.1, -0.05) is 12.8 Å². The third-order valence-electron chi connectivity index (χ3n) is 5.30. The molecular weight excluding hydrogens is 222 g/mol. The summed E-state index contributed by atoms with van der Waals surface area (Å²) in [7, 11) is 0. The van der Waals surface area contributed by atoms with Crippen molar-refractivity contribution >= 4 is 0 Å². The van der Waals surface area contributed by atoms with Gasteiger partial charge in [0.15, 0.2) is 0 Å². The standard InChI is InChI=1S/C15H29N3/c1-13(11-16-14-5-2-3-6-14)18-10-9-17-8-4-7-15(17)12-18/h13-16H,2-12H2,1H3. The van der Waals surface area contributed by atoms with Crippen LogP contribution in [0.5, 0.6) is 0 Å². The lowest BCUT2D eigenvalue weighted by atomic mass is 10.1. The highest BCUT2D eigenvalue weighted by molar-refractivity contribution is 4.89. The number of fused-ring (bicyclic) bond motifs is 1. The van der Waals surface area contributed by atoms with Crippen LogP contribution in [0.2, 0.25) is 0 Å². The van der Waals surface area contributed by atoms with Crippen LogP contribution in [0.3, 0.4) is 0 Å². The highest BCUT2D eigenvalue weighted by atomic mass is 15.3. The quantitative estimate of drug-likeness (QED) is 0.820. The summed E-state index contributed by atoms with van der Waals surface area (Å²) in [5.74, 6) is 0. The minimum absolute atomic E-state index is 0.716. The summed E-state index contributed by atoms with van der Waals surface area (Å²) >= 11 is 0. The Morgan fingerprint density at radius 1 is 1.06 bits per heavy atom. The lowest BCUT2D eigenvalue weighted by Gasteiger charge is -2.40. The van der Waals surface area contributed by atoms with E-state index in [0.29, 0.717) is 6.04 Å². The molecule has 0 aromatic heterocycles. The van der Waals surface area contributed by atoms with Gasteiger partial charge in [-0.2, -0.15) is 0 Å². The molecule has 0 aromatic rings. The van der Waals surface area contributed by atoms with E-state index in [1.54, 1.807) is 0 Å². The smallest absolute Gasteiger partial charge is 0.0224 e. The van der Waals surface area contributed by atoms with Crippen molar-refractivity contribution < 1.29 is 0 Å². The van der Waals surface area contributed by atoms with Crippen LogP contribution < -0.4 is 5.32 Å². The highest BCUT2D eigenvalue weighted by Crippen LogP contribution is 2.23. The summed E-state index contributed by atoms with van der Waals surface area (Å²) in [6.07, 6.45) is 8.54. The monoisotopic (exact) mass is 251 g/mol. The van der Waals surface area contributed by atoms with Crippen LogP contribution >= 0.6 is 0 Å². The molecule has 3 aliphatic rings. The van der Waals surface area contributed by atoms with E-state index in [9.17, 15) is 0 Å². The van der Waals surface area contributed by atoms with Gasteiger partial charge in [0.1, 0.15) is 0 Å². The molecule has 1 saturated carbocycles. The normalized spacial score (nSPS) is 32.8. The molecule has 3 heteroatoms. The average Bonchev–Trinajstić information content (AvgIpc) is 3.05. The van der Waals surface area contributed by atoms with E-state index in [4.69, 9.17) is 0 Å². The van der Waals surface area contributed by atoms with Gasteiger partial charge in [-0.25, -0.2) is 0 Å². The summed E-state index contributed by atoms with van der Waals surface area (Å²) in [5.41, 5.74) is 0. The van der Waals surface area contributed by atoms with Crippen molar-refractivity contribution in [2.75, 3.05) is 32.7 Å². The first-order valence-electron chi connectivity index (χ1n) is 8.04. The Hall–Kier alpha value is -0.120. The number of hydrogen-bond donors (Lipinski definition) is 1. The van der Waals surface area contributed by atoms with E-state index in [0.717, 1.165) is 12.1 Å². The molecule has 104 valence electrons. The maximum absolute atomic E-state index is 3.78. The molecule has 0 spiro atoms. The number of piperazine rings is 1. The van der Waals surface area contributed by atoms with Gasteiger partial charge < -0.3 is 5.32 Å². The van der Waals surface area contributed by atoms with Gasteiger partial charge in [0.05, 0.1) is 0 Å². The van der Waals surface area contributed by atoms with E-state index < -0.39 is 0 Å². The first kappa shape index (κ1) is 12.9. The third kappa shape index (κ3) is 2.89. The van der Waals surface area contributed by atoms with Gasteiger partial charge in [0, 0.05) is 44.3 Å². The molecule has 2 aliphatic heterocycles. The Labute approximate surface area is 112 Å². The van der Waals surface area contributed by atoms with Crippen LogP contribution in [0.4, 0.5) is 0 Å². The minimum Gasteiger partial charge on any atom is -0.312 e. The maximum atomic E-state index is 3.78. The first-order valence-corrected chi connectivity index (χ1v) is 8.04. The van der Waals surface area contributed by atoms with Crippen molar-refractivity contribution in [2.24, 2.45) is 0 Å². The zero-order valence-corrected chi connectivity index (χ0v) is 11.9. The Balaban J connectivity index is 1.42. The number of hydrogen-bond acceptors (Lipinski definition) is 3. The summed E-state index contributed by atoms with van der Waals surface area (Å²) in [6, 6.07) is 2.40. The van der Waals surface area contributed by atoms with Crippen molar-refractivity contribution in [3.63, 3.8) is 0 Å². The number of nitrogens with zero attached hydrogens (tertiary/aromatic N) is 2. The molecule has 3 rings (SSSR count). The van der Waals surface area contributed by atoms with Gasteiger partial charge in [-0.05, 0) is 39.2 Å². The van der Waals surface area contributed by atoms with Crippen molar-refractivity contribution in [1.29, 1.82) is 0 Å². The van der Waals surface area contributed by atoms with Crippen molar-refractivity contribution in [3.05, 3.63) is 0 Å². The molecule has 2 atom stereocenters. The SMILES string of the molecule is CC(CNC1CCCC1)N1CCN2CCCC2C1. The Morgan fingerprint density at radius 2 is 1.89 bits per heavy atom. The largest absolute Gasteiger partial charge is 0.312 e. The zero-order chi connectivity index (χ0) is 12.4. The summed E-state index contributed by atoms with van der Waals surface area (Å²) in [4.78, 5) is 5.42. The second-order valence-corrected chi connectivity index (χ2v) is 6.57. The number of rotatable bonds is 4. The molecule has 2 saturated heterocycles. The Bertz CT molecular complexity index is 262. The summed E-state index contributed by atoms with van der Waals surface area (Å²) in [5, 5.41) is 3.78. The molecule has 18 heavy (non-hydrogen) atoms. The molecule has 0 radical (unpaired) electrons. The van der Waals surface area contributed by atoms with Gasteiger partial charge in [-0.15, -0.1) is 0 Å². The zero-order valence-electron chi connectivity index (χ0n) is 11.9. The summed E-state index contributed by atoms with van der Waals surface area (Å²) < 4.78 is 0. The second-order valence-electron chi connectivity index (χ2n) is 6.57. The molecule has 2 heterocycles. The van der Waals surface area contributed by atoms with Crippen molar-refractivity contribution in [1.82, 2.24) is 15.1 Å². The van der Waals surface area contributed by atoms with Gasteiger partial charge in [-0.3, -0.25) is 9.80 Å². The van der Waals surface area contributed by atoms with Gasteiger partial charge in [0.25, 0.3) is 0 Å². The fourth-order valence-corrected chi connectivity index (χ4v) is 4.01. The average molecular weight is 251 g/mol. The van der Waals surface area contributed by atoms with E-state index in [1.807, 2.05) is 0 Å². The van der Waals surface area contributed by atoms with Gasteiger partial charge >= 0.3 is 0 Å². The lowest BCUT2D eigenvalue weighted by molar-refractivity contribution is 0.0760. The molecule has 3 nitrogen and oxygen atoms in total. The second kappa shape index (κ2) is 5.89. The fraction of sp³-hybridized carbons (Fsp3) is 1.00. The third-order valence-corrected chi connectivity index (χ3v) is 5.30. The molecule has 1 N–H and O–H groups in total. The first-order chi connectivity index (χ1) is 8.83. The van der Waals surface area contributed by atoms with Crippen LogP contribution in [0, 0.1) is 0 Å². The molecule has 0 aromatic carbocycles. The Kier molecular flexibility index (Phi) is 4.22. The lowest BCUT2D eigenvalue weighted by Crippen LogP contribution is -2.55. The summed E-state index contributed by atoms with van der Waals surface area (Å²) in [6.45, 7) is 8.85. The predicted octanol–water partition coefficient (Wildman–Crippen LogP) is 1.69. The number of nitrogens with one attached hydrogen (secondary N) is 1. The van der Waals surface area contributed by atoms with Crippen molar-refractivity contribution in [2.45, 2.75) is 63.6 Å². The highest BCUT2D eigenvalue weighted by Gasteiger charge is 2.32. The molecule has 0 amide bonds. The molecule has 3 fully saturated rings. The topological polar surface area (TPSA) is 18.5 Å². The Morgan fingerprint density at radius 3 is 2.72 bits per heavy atom.